The number of phenolic OH excluding ortho intramolecular Hbond substituents is 1. The average Bonchev–Trinajstić information content (AvgIpc) is 3.54. The van der Waals surface area contributed by atoms with Gasteiger partial charge in [0.25, 0.3) is 0 Å². The summed E-state index contributed by atoms with van der Waals surface area (Å²) in [6.45, 7) is 5.70. The number of likely N-dealkylation sites (tertiary alicyclic amines) is 1. The van der Waals surface area contributed by atoms with Gasteiger partial charge in [0.15, 0.2) is 11.5 Å². The van der Waals surface area contributed by atoms with Gasteiger partial charge in [0.2, 0.25) is 5.91 Å². The van der Waals surface area contributed by atoms with Crippen molar-refractivity contribution in [3.8, 4) is 11.5 Å². The van der Waals surface area contributed by atoms with Crippen LogP contribution in [0.15, 0.2) is 36.4 Å². The van der Waals surface area contributed by atoms with Crippen LogP contribution in [0.5, 0.6) is 11.5 Å². The molecule has 0 radical (unpaired) electrons. The van der Waals surface area contributed by atoms with Gasteiger partial charge < -0.3 is 19.8 Å². The smallest absolute Gasteiger partial charge is 0.224 e. The molecule has 3 aliphatic carbocycles. The number of carbonyl (C=O) groups excluding carboxylic acids is 1. The van der Waals surface area contributed by atoms with Crippen molar-refractivity contribution in [1.82, 2.24) is 4.90 Å². The van der Waals surface area contributed by atoms with Crippen molar-refractivity contribution in [3.63, 3.8) is 0 Å². The van der Waals surface area contributed by atoms with E-state index in [9.17, 15) is 15.0 Å². The number of thiophene rings is 1. The normalized spacial score (nSPS) is 32.3. The second-order valence-corrected chi connectivity index (χ2v) is 13.5. The fraction of sp³-hybridized carbons (Fsp3) is 0.516. The molecule has 2 saturated carbocycles. The summed E-state index contributed by atoms with van der Waals surface area (Å²) in [6, 6.07) is 11.9. The molecule has 5 aliphatic rings. The van der Waals surface area contributed by atoms with Crippen molar-refractivity contribution >= 4 is 45.4 Å². The van der Waals surface area contributed by atoms with Crippen LogP contribution in [0.1, 0.15) is 55.0 Å². The quantitative estimate of drug-likeness (QED) is 0.447. The number of fused-ring (bicyclic) bond motifs is 1. The van der Waals surface area contributed by atoms with Gasteiger partial charge in [0.1, 0.15) is 6.10 Å². The number of piperidine rings is 1. The summed E-state index contributed by atoms with van der Waals surface area (Å²) < 4.78 is 7.94. The first-order valence-electron chi connectivity index (χ1n) is 14.1. The molecule has 5 atom stereocenters. The van der Waals surface area contributed by atoms with Crippen molar-refractivity contribution in [2.75, 3.05) is 18.0 Å². The standard InChI is InChI=1S/C31H34N2O4S.ClH/c1-17-27(21-5-3-4-6-24(21)38-17)33(18(2)34)22-11-12-31(36)25-15-20-9-10-23(35)28-26(20)30(31,29(22)37-28)13-14-32(25)16-19-7-8-19;/h3-6,9-10,19,22,25,29,35-36H,7-8,11-16H2,1-2H3;1H/t22-,25-,29+,30+,31-;/m1./s1. The molecule has 8 heteroatoms. The number of anilines is 1. The molecular formula is C31H35ClN2O4S. The first-order valence-corrected chi connectivity index (χ1v) is 14.9. The Labute approximate surface area is 239 Å². The molecule has 1 aromatic heterocycles. The highest BCUT2D eigenvalue weighted by atomic mass is 35.5. The molecule has 2 N–H and O–H groups in total. The van der Waals surface area contributed by atoms with E-state index in [1.807, 2.05) is 23.1 Å². The summed E-state index contributed by atoms with van der Waals surface area (Å²) in [4.78, 5) is 19.1. The number of aromatic hydroxyl groups is 1. The number of aryl methyl sites for hydroxylation is 1. The number of amides is 1. The van der Waals surface area contributed by atoms with Crippen LogP contribution in [0.4, 0.5) is 5.69 Å². The molecule has 8 rings (SSSR count). The Morgan fingerprint density at radius 1 is 1.18 bits per heavy atom. The van der Waals surface area contributed by atoms with Crippen LogP contribution in [0, 0.1) is 12.8 Å². The lowest BCUT2D eigenvalue weighted by Crippen LogP contribution is -2.78. The zero-order valence-electron chi connectivity index (χ0n) is 22.4. The SMILES string of the molecule is CC(=O)N(c1c(C)sc2ccccc12)[C@@H]1CC[C@@]2(O)[C@H]3Cc4ccc(O)c5c4[C@@]2(CCN3CC2CC2)[C@H]1O5.Cl. The second-order valence-electron chi connectivity index (χ2n) is 12.3. The zero-order valence-corrected chi connectivity index (χ0v) is 24.0. The van der Waals surface area contributed by atoms with Crippen LogP contribution < -0.4 is 9.64 Å². The van der Waals surface area contributed by atoms with Crippen LogP contribution in [-0.4, -0.2) is 57.9 Å². The van der Waals surface area contributed by atoms with Gasteiger partial charge in [-0.05, 0) is 75.6 Å². The Hall–Kier alpha value is -2.32. The number of carbonyl (C=O) groups is 1. The lowest BCUT2D eigenvalue weighted by molar-refractivity contribution is -0.190. The maximum absolute atomic E-state index is 13.5. The molecule has 3 heterocycles. The topological polar surface area (TPSA) is 73.2 Å². The van der Waals surface area contributed by atoms with E-state index in [1.54, 1.807) is 24.3 Å². The summed E-state index contributed by atoms with van der Waals surface area (Å²) >= 11 is 1.71. The highest BCUT2D eigenvalue weighted by Crippen LogP contribution is 2.66. The number of benzene rings is 2. The zero-order chi connectivity index (χ0) is 26.0. The summed E-state index contributed by atoms with van der Waals surface area (Å²) in [5, 5.41) is 24.9. The minimum atomic E-state index is -0.957. The van der Waals surface area contributed by atoms with Gasteiger partial charge in [-0.1, -0.05) is 24.3 Å². The largest absolute Gasteiger partial charge is 0.504 e. The molecule has 1 saturated heterocycles. The summed E-state index contributed by atoms with van der Waals surface area (Å²) in [6.07, 6.45) is 4.97. The molecule has 3 fully saturated rings. The lowest BCUT2D eigenvalue weighted by Gasteiger charge is -2.64. The van der Waals surface area contributed by atoms with Gasteiger partial charge >= 0.3 is 0 Å². The van der Waals surface area contributed by atoms with Gasteiger partial charge in [0, 0.05) is 40.0 Å². The molecule has 1 spiro atoms. The molecule has 1 amide bonds. The number of hydrogen-bond donors (Lipinski definition) is 2. The number of rotatable bonds is 4. The Morgan fingerprint density at radius 2 is 1.97 bits per heavy atom. The van der Waals surface area contributed by atoms with E-state index in [-0.39, 0.29) is 36.1 Å². The maximum Gasteiger partial charge on any atom is 0.224 e. The van der Waals surface area contributed by atoms with Crippen molar-refractivity contribution in [2.45, 2.75) is 81.6 Å². The van der Waals surface area contributed by atoms with Gasteiger partial charge in [-0.25, -0.2) is 0 Å². The third kappa shape index (κ3) is 3.25. The molecule has 3 aromatic rings. The van der Waals surface area contributed by atoms with Crippen molar-refractivity contribution in [2.24, 2.45) is 5.92 Å². The highest BCUT2D eigenvalue weighted by Gasteiger charge is 2.73. The fourth-order valence-electron chi connectivity index (χ4n) is 8.73. The Balaban J connectivity index is 0.00000253. The first kappa shape index (κ1) is 25.6. The Morgan fingerprint density at radius 3 is 2.74 bits per heavy atom. The van der Waals surface area contributed by atoms with E-state index in [4.69, 9.17) is 4.74 Å². The van der Waals surface area contributed by atoms with E-state index in [0.29, 0.717) is 18.6 Å². The fourth-order valence-corrected chi connectivity index (χ4v) is 9.79. The molecule has 2 aliphatic heterocycles. The van der Waals surface area contributed by atoms with Gasteiger partial charge in [0.05, 0.1) is 22.7 Å². The molecule has 2 bridgehead atoms. The van der Waals surface area contributed by atoms with Crippen LogP contribution >= 0.6 is 23.7 Å². The number of nitrogens with zero attached hydrogens (tertiary/aromatic N) is 2. The Kier molecular flexibility index (Phi) is 5.65. The molecule has 6 nitrogen and oxygen atoms in total. The molecule has 206 valence electrons. The summed E-state index contributed by atoms with van der Waals surface area (Å²) in [5.74, 6) is 1.41. The first-order chi connectivity index (χ1) is 18.3. The number of halogens is 1. The van der Waals surface area contributed by atoms with Crippen molar-refractivity contribution in [3.05, 3.63) is 52.4 Å². The average molecular weight is 567 g/mol. The van der Waals surface area contributed by atoms with Gasteiger partial charge in [-0.2, -0.15) is 0 Å². The Bertz CT molecular complexity index is 1500. The van der Waals surface area contributed by atoms with Crippen molar-refractivity contribution in [1.29, 1.82) is 0 Å². The predicted octanol–water partition coefficient (Wildman–Crippen LogP) is 5.32. The lowest BCUT2D eigenvalue weighted by atomic mass is 9.48. The minimum Gasteiger partial charge on any atom is -0.504 e. The second kappa shape index (κ2) is 8.59. The summed E-state index contributed by atoms with van der Waals surface area (Å²) in [5.41, 5.74) is 1.56. The predicted molar refractivity (Wildman–Crippen MR) is 156 cm³/mol. The van der Waals surface area contributed by atoms with E-state index in [1.165, 1.54) is 23.1 Å². The molecular weight excluding hydrogens is 532 g/mol. The number of aliphatic hydroxyl groups is 1. The van der Waals surface area contributed by atoms with Crippen LogP contribution in [0.25, 0.3) is 10.1 Å². The van der Waals surface area contributed by atoms with E-state index < -0.39 is 17.1 Å². The van der Waals surface area contributed by atoms with Gasteiger partial charge in [-0.3, -0.25) is 9.69 Å². The third-order valence-electron chi connectivity index (χ3n) is 10.4. The molecule has 0 unspecified atom stereocenters. The monoisotopic (exact) mass is 566 g/mol. The summed E-state index contributed by atoms with van der Waals surface area (Å²) in [7, 11) is 0. The maximum atomic E-state index is 13.5. The molecule has 39 heavy (non-hydrogen) atoms. The minimum absolute atomic E-state index is 0. The number of phenols is 1. The van der Waals surface area contributed by atoms with E-state index in [2.05, 4.69) is 24.0 Å². The van der Waals surface area contributed by atoms with Crippen molar-refractivity contribution < 1.29 is 19.7 Å². The van der Waals surface area contributed by atoms with E-state index in [0.717, 1.165) is 53.4 Å². The van der Waals surface area contributed by atoms with Gasteiger partial charge in [-0.15, -0.1) is 23.7 Å². The molecule has 2 aromatic carbocycles. The van der Waals surface area contributed by atoms with E-state index >= 15 is 0 Å². The number of ether oxygens (including phenoxy) is 1. The number of hydrogen-bond acceptors (Lipinski definition) is 6. The third-order valence-corrected chi connectivity index (χ3v) is 11.5. The van der Waals surface area contributed by atoms with Crippen LogP contribution in [0.2, 0.25) is 0 Å². The van der Waals surface area contributed by atoms with Crippen LogP contribution in [-0.2, 0) is 16.6 Å². The van der Waals surface area contributed by atoms with Crippen LogP contribution in [0.3, 0.4) is 0 Å². The highest BCUT2D eigenvalue weighted by molar-refractivity contribution is 7.19.